The van der Waals surface area contributed by atoms with Gasteiger partial charge in [0.05, 0.1) is 33.8 Å². The van der Waals surface area contributed by atoms with E-state index >= 15 is 0 Å². The lowest BCUT2D eigenvalue weighted by atomic mass is 10.0. The molecule has 0 radical (unpaired) electrons. The van der Waals surface area contributed by atoms with Crippen molar-refractivity contribution in [1.29, 1.82) is 0 Å². The van der Waals surface area contributed by atoms with E-state index in [0.29, 0.717) is 17.4 Å². The molecule has 0 heterocycles. The molecular weight excluding hydrogens is 988 g/mol. The summed E-state index contributed by atoms with van der Waals surface area (Å²) in [6.07, 6.45) is 77.8. The predicted octanol–water partition coefficient (Wildman–Crippen LogP) is 19.1. The van der Waals surface area contributed by atoms with E-state index in [4.69, 9.17) is 13.8 Å². The van der Waals surface area contributed by atoms with Gasteiger partial charge >= 0.3 is 5.97 Å². The average Bonchev–Trinajstić information content (AvgIpc) is 3.41. The Bertz CT molecular complexity index is 1700. The third-order valence-electron chi connectivity index (χ3n) is 13.4. The Hall–Kier alpha value is -3.33. The van der Waals surface area contributed by atoms with E-state index in [1.807, 2.05) is 33.3 Å². The van der Waals surface area contributed by atoms with Crippen LogP contribution in [-0.2, 0) is 27.9 Å². The highest BCUT2D eigenvalue weighted by Gasteiger charge is 2.27. The van der Waals surface area contributed by atoms with Crippen LogP contribution in [0.1, 0.15) is 258 Å². The molecule has 0 bridgehead atoms. The molecular formula is C68H119N2O7P. The summed E-state index contributed by atoms with van der Waals surface area (Å²) in [5.74, 6) is -0.566. The number of phosphoric acid groups is 1. The smallest absolute Gasteiger partial charge is 0.306 e. The fraction of sp³-hybridized carbons (Fsp3) is 0.706. The average molecular weight is 1110 g/mol. The van der Waals surface area contributed by atoms with Crippen LogP contribution in [0.2, 0.25) is 0 Å². The molecule has 1 N–H and O–H groups in total. The second-order valence-corrected chi connectivity index (χ2v) is 23.6. The van der Waals surface area contributed by atoms with Gasteiger partial charge in [-0.3, -0.25) is 14.2 Å². The molecule has 0 saturated heterocycles. The van der Waals surface area contributed by atoms with Gasteiger partial charge in [-0.1, -0.05) is 246 Å². The third-order valence-corrected chi connectivity index (χ3v) is 14.4. The number of carbonyl (C=O) groups is 2. The van der Waals surface area contributed by atoms with Crippen LogP contribution in [-0.4, -0.2) is 69.4 Å². The van der Waals surface area contributed by atoms with Crippen LogP contribution in [0.3, 0.4) is 0 Å². The van der Waals surface area contributed by atoms with Gasteiger partial charge in [-0.15, -0.1) is 0 Å². The molecule has 3 unspecified atom stereocenters. The number of nitrogens with one attached hydrogen (secondary N) is 1. The molecule has 0 spiro atoms. The SMILES string of the molecule is CC/C=C\C/C=C\C/C=C\C/C=C\C/C=C\C/C=C\CCCCCCCCCCC(=O)NC(COP(=O)([O-])OCC[N+](C)(C)C)C(/C=C\CCCCCCCCCCC)OC(=O)CCCCCCCCC/C=C/C/C=C/CC. The monoisotopic (exact) mass is 1110 g/mol. The Morgan fingerprint density at radius 2 is 0.821 bits per heavy atom. The van der Waals surface area contributed by atoms with Crippen molar-refractivity contribution >= 4 is 19.7 Å². The summed E-state index contributed by atoms with van der Waals surface area (Å²) in [5.41, 5.74) is 0. The Balaban J connectivity index is 5.11. The highest BCUT2D eigenvalue weighted by atomic mass is 31.2. The fourth-order valence-electron chi connectivity index (χ4n) is 8.62. The second kappa shape index (κ2) is 56.9. The molecule has 0 aliphatic carbocycles. The quantitative estimate of drug-likeness (QED) is 0.0212. The zero-order valence-corrected chi connectivity index (χ0v) is 52.0. The number of hydrogen-bond donors (Lipinski definition) is 1. The molecule has 0 aromatic carbocycles. The van der Waals surface area contributed by atoms with E-state index in [-0.39, 0.29) is 24.9 Å². The lowest BCUT2D eigenvalue weighted by molar-refractivity contribution is -0.870. The van der Waals surface area contributed by atoms with Crippen LogP contribution in [0, 0.1) is 0 Å². The van der Waals surface area contributed by atoms with Crippen molar-refractivity contribution in [3.05, 3.63) is 109 Å². The van der Waals surface area contributed by atoms with Crippen LogP contribution in [0.15, 0.2) is 109 Å². The topological polar surface area (TPSA) is 114 Å². The van der Waals surface area contributed by atoms with Crippen LogP contribution in [0.5, 0.6) is 0 Å². The number of unbranched alkanes of at least 4 members (excludes halogenated alkanes) is 24. The van der Waals surface area contributed by atoms with Gasteiger partial charge in [0.25, 0.3) is 7.82 Å². The summed E-state index contributed by atoms with van der Waals surface area (Å²) in [6.45, 7) is 6.60. The molecule has 1 amide bonds. The van der Waals surface area contributed by atoms with E-state index in [0.717, 1.165) is 135 Å². The van der Waals surface area contributed by atoms with Gasteiger partial charge in [0.1, 0.15) is 19.3 Å². The molecule has 0 aromatic heterocycles. The van der Waals surface area contributed by atoms with Gasteiger partial charge in [-0.05, 0) is 109 Å². The predicted molar refractivity (Wildman–Crippen MR) is 334 cm³/mol. The minimum absolute atomic E-state index is 0.0305. The first-order chi connectivity index (χ1) is 37.9. The van der Waals surface area contributed by atoms with Crippen LogP contribution in [0.25, 0.3) is 0 Å². The van der Waals surface area contributed by atoms with Gasteiger partial charge in [0.15, 0.2) is 0 Å². The first-order valence-corrected chi connectivity index (χ1v) is 33.2. The number of ether oxygens (including phenoxy) is 1. The molecule has 0 aromatic rings. The van der Waals surface area contributed by atoms with Gasteiger partial charge < -0.3 is 28.5 Å². The van der Waals surface area contributed by atoms with Crippen LogP contribution < -0.4 is 10.2 Å². The summed E-state index contributed by atoms with van der Waals surface area (Å²) in [6, 6.07) is -0.902. The molecule has 9 nitrogen and oxygen atoms in total. The van der Waals surface area contributed by atoms with Gasteiger partial charge in [0.2, 0.25) is 5.91 Å². The molecule has 10 heteroatoms. The number of hydrogen-bond acceptors (Lipinski definition) is 7. The van der Waals surface area contributed by atoms with Crippen molar-refractivity contribution in [1.82, 2.24) is 5.32 Å². The first kappa shape index (κ1) is 74.7. The van der Waals surface area contributed by atoms with Crippen molar-refractivity contribution in [3.8, 4) is 0 Å². The van der Waals surface area contributed by atoms with Crippen molar-refractivity contribution in [3.63, 3.8) is 0 Å². The Kier molecular flexibility index (Phi) is 54.5. The lowest BCUT2D eigenvalue weighted by Crippen LogP contribution is -2.47. The molecule has 0 saturated carbocycles. The van der Waals surface area contributed by atoms with E-state index < -0.39 is 26.6 Å². The Morgan fingerprint density at radius 1 is 0.462 bits per heavy atom. The number of nitrogens with zero attached hydrogens (tertiary/aromatic N) is 1. The minimum Gasteiger partial charge on any atom is -0.756 e. The lowest BCUT2D eigenvalue weighted by Gasteiger charge is -2.30. The Labute approximate surface area is 481 Å². The van der Waals surface area contributed by atoms with Crippen LogP contribution >= 0.6 is 7.82 Å². The van der Waals surface area contributed by atoms with Crippen molar-refractivity contribution in [2.45, 2.75) is 270 Å². The first-order valence-electron chi connectivity index (χ1n) is 31.7. The number of rotatable bonds is 56. The summed E-state index contributed by atoms with van der Waals surface area (Å²) >= 11 is 0. The number of likely N-dealkylation sites (N-methyl/N-ethyl adjacent to an activating group) is 1. The number of carbonyl (C=O) groups excluding carboxylic acids is 2. The van der Waals surface area contributed by atoms with E-state index in [1.54, 1.807) is 0 Å². The van der Waals surface area contributed by atoms with E-state index in [1.165, 1.54) is 89.9 Å². The molecule has 0 rings (SSSR count). The molecule has 78 heavy (non-hydrogen) atoms. The summed E-state index contributed by atoms with van der Waals surface area (Å²) < 4.78 is 30.3. The standard InChI is InChI=1S/C68H119N2O7P/c1-7-10-13-16-19-22-25-27-29-30-31-32-33-34-35-36-37-38-39-40-41-42-45-48-51-54-57-60-67(71)69-65(64-76-78(73,74)75-63-62-70(4,5)6)66(59-56-53-50-47-44-24-21-18-15-12-9-3)77-68(72)61-58-55-52-49-46-43-28-26-23-20-17-14-11-8-2/h10-11,13-14,19-20,22-23,27,29,31-32,34-35,37-38,56,59,65-66H,7-9,12,15-18,21,24-26,28,30,33,36,39-55,57-58,60-64H2,1-6H3,(H-,69,71,73,74)/b13-10-,14-11+,22-19-,23-20+,29-27-,32-31-,35-34-,38-37-,59-56-. The number of amides is 1. The van der Waals surface area contributed by atoms with Crippen LogP contribution in [0.4, 0.5) is 0 Å². The van der Waals surface area contributed by atoms with E-state index in [2.05, 4.69) is 123 Å². The van der Waals surface area contributed by atoms with Crippen molar-refractivity contribution in [2.24, 2.45) is 0 Å². The largest absolute Gasteiger partial charge is 0.756 e. The highest BCUT2D eigenvalue weighted by Crippen LogP contribution is 2.38. The second-order valence-electron chi connectivity index (χ2n) is 22.1. The van der Waals surface area contributed by atoms with Gasteiger partial charge in [0, 0.05) is 12.8 Å². The summed E-state index contributed by atoms with van der Waals surface area (Å²) in [4.78, 5) is 40.0. The van der Waals surface area contributed by atoms with Gasteiger partial charge in [-0.25, -0.2) is 0 Å². The summed E-state index contributed by atoms with van der Waals surface area (Å²) in [7, 11) is 1.16. The molecule has 0 fully saturated rings. The van der Waals surface area contributed by atoms with Gasteiger partial charge in [-0.2, -0.15) is 0 Å². The van der Waals surface area contributed by atoms with Crippen molar-refractivity contribution in [2.75, 3.05) is 40.9 Å². The molecule has 448 valence electrons. The zero-order chi connectivity index (χ0) is 57.2. The summed E-state index contributed by atoms with van der Waals surface area (Å²) in [5, 5.41) is 3.02. The van der Waals surface area contributed by atoms with E-state index in [9.17, 15) is 19.0 Å². The number of quaternary nitrogens is 1. The Morgan fingerprint density at radius 3 is 1.23 bits per heavy atom. The number of esters is 1. The number of phosphoric ester groups is 1. The highest BCUT2D eigenvalue weighted by molar-refractivity contribution is 7.45. The molecule has 3 atom stereocenters. The fourth-order valence-corrected chi connectivity index (χ4v) is 9.34. The third kappa shape index (κ3) is 57.4. The zero-order valence-electron chi connectivity index (χ0n) is 51.1. The molecule has 0 aliphatic rings. The maximum absolute atomic E-state index is 13.5. The van der Waals surface area contributed by atoms with Crippen molar-refractivity contribution < 1.29 is 37.3 Å². The minimum atomic E-state index is -4.71. The maximum Gasteiger partial charge on any atom is 0.306 e. The normalized spacial score (nSPS) is 14.4. The maximum atomic E-state index is 13.5. The number of allylic oxidation sites excluding steroid dienone is 17. The molecule has 0 aliphatic heterocycles.